The number of aromatic nitrogens is 2. The smallest absolute Gasteiger partial charge is 0.305 e. The summed E-state index contributed by atoms with van der Waals surface area (Å²) in [4.78, 5) is 25.2. The van der Waals surface area contributed by atoms with Crippen molar-refractivity contribution in [3.63, 3.8) is 0 Å². The molecule has 1 saturated heterocycles. The van der Waals surface area contributed by atoms with Crippen LogP contribution in [0.25, 0.3) is 10.9 Å². The van der Waals surface area contributed by atoms with E-state index < -0.39 is 27.9 Å². The largest absolute Gasteiger partial charge is 0.390 e. The molecule has 34 heavy (non-hydrogen) atoms. The van der Waals surface area contributed by atoms with Crippen LogP contribution in [0.5, 0.6) is 0 Å². The molecule has 0 radical (unpaired) electrons. The minimum atomic E-state index is -1.00. The third-order valence-electron chi connectivity index (χ3n) is 5.63. The number of nitro benzene ring substituents is 1. The van der Waals surface area contributed by atoms with E-state index in [0.717, 1.165) is 28.7 Å². The molecule has 0 aliphatic carbocycles. The second-order valence-corrected chi connectivity index (χ2v) is 8.86. The maximum Gasteiger partial charge on any atom is 0.305 e. The summed E-state index contributed by atoms with van der Waals surface area (Å²) in [6.45, 7) is 6.31. The van der Waals surface area contributed by atoms with E-state index in [1.54, 1.807) is 24.6 Å². The van der Waals surface area contributed by atoms with Gasteiger partial charge in [0.15, 0.2) is 0 Å². The summed E-state index contributed by atoms with van der Waals surface area (Å²) in [7, 11) is 0. The lowest BCUT2D eigenvalue weighted by Gasteiger charge is -2.30. The van der Waals surface area contributed by atoms with Gasteiger partial charge in [-0.15, -0.1) is 0 Å². The molecule has 0 unspecified atom stereocenters. The van der Waals surface area contributed by atoms with Crippen molar-refractivity contribution in [2.24, 2.45) is 0 Å². The summed E-state index contributed by atoms with van der Waals surface area (Å²) in [6.07, 6.45) is 2.35. The van der Waals surface area contributed by atoms with Crippen LogP contribution in [0.3, 0.4) is 0 Å². The van der Waals surface area contributed by atoms with Crippen LogP contribution in [0.1, 0.15) is 30.6 Å². The summed E-state index contributed by atoms with van der Waals surface area (Å²) in [5, 5.41) is 29.3. The minimum absolute atomic E-state index is 0.0259. The van der Waals surface area contributed by atoms with Gasteiger partial charge in [0.05, 0.1) is 40.6 Å². The molecular formula is C23H26FN5O5. The van der Waals surface area contributed by atoms with Crippen LogP contribution in [0.15, 0.2) is 36.5 Å². The Morgan fingerprint density at radius 2 is 2.03 bits per heavy atom. The summed E-state index contributed by atoms with van der Waals surface area (Å²) >= 11 is 0. The molecular weight excluding hydrogens is 445 g/mol. The number of benzene rings is 2. The van der Waals surface area contributed by atoms with Crippen molar-refractivity contribution in [2.75, 3.05) is 36.5 Å². The van der Waals surface area contributed by atoms with Gasteiger partial charge in [-0.25, -0.2) is 0 Å². The molecule has 3 aromatic rings. The highest BCUT2D eigenvalue weighted by Crippen LogP contribution is 2.32. The predicted octanol–water partition coefficient (Wildman–Crippen LogP) is 3.33. The van der Waals surface area contributed by atoms with E-state index in [0.29, 0.717) is 45.0 Å². The molecule has 10 nitrogen and oxygen atoms in total. The van der Waals surface area contributed by atoms with Crippen LogP contribution in [0.4, 0.5) is 21.5 Å². The fourth-order valence-corrected chi connectivity index (χ4v) is 3.77. The van der Waals surface area contributed by atoms with Gasteiger partial charge in [0.2, 0.25) is 5.82 Å². The Morgan fingerprint density at radius 1 is 1.29 bits per heavy atom. The molecule has 1 fully saturated rings. The monoisotopic (exact) mass is 471 g/mol. The van der Waals surface area contributed by atoms with Crippen molar-refractivity contribution in [2.45, 2.75) is 32.4 Å². The van der Waals surface area contributed by atoms with E-state index in [4.69, 9.17) is 4.74 Å². The van der Waals surface area contributed by atoms with Gasteiger partial charge in [0, 0.05) is 42.8 Å². The molecule has 11 heteroatoms. The number of ether oxygens (including phenoxy) is 1. The van der Waals surface area contributed by atoms with Crippen molar-refractivity contribution < 1.29 is 24.0 Å². The average molecular weight is 471 g/mol. The Kier molecular flexibility index (Phi) is 6.49. The molecule has 1 aromatic heterocycles. The summed E-state index contributed by atoms with van der Waals surface area (Å²) in [6, 6.07) is 6.71. The average Bonchev–Trinajstić information content (AvgIpc) is 3.19. The number of aryl methyl sites for hydroxylation is 1. The zero-order valence-corrected chi connectivity index (χ0v) is 19.0. The first-order chi connectivity index (χ1) is 16.1. The van der Waals surface area contributed by atoms with E-state index in [2.05, 4.69) is 15.3 Å². The number of carbonyl (C=O) groups excluding carboxylic acids is 1. The third kappa shape index (κ3) is 5.32. The normalized spacial score (nSPS) is 14.4. The Bertz CT molecular complexity index is 1230. The lowest BCUT2D eigenvalue weighted by Crippen LogP contribution is -2.36. The maximum atomic E-state index is 13.7. The molecule has 0 saturated carbocycles. The van der Waals surface area contributed by atoms with Gasteiger partial charge in [-0.2, -0.15) is 9.49 Å². The van der Waals surface area contributed by atoms with Gasteiger partial charge in [0.25, 0.3) is 5.91 Å². The van der Waals surface area contributed by atoms with E-state index in [1.807, 2.05) is 12.3 Å². The van der Waals surface area contributed by atoms with Gasteiger partial charge in [-0.3, -0.25) is 19.6 Å². The van der Waals surface area contributed by atoms with Crippen molar-refractivity contribution in [1.82, 2.24) is 9.78 Å². The highest BCUT2D eigenvalue weighted by Gasteiger charge is 2.22. The van der Waals surface area contributed by atoms with E-state index >= 15 is 0 Å². The summed E-state index contributed by atoms with van der Waals surface area (Å²) in [5.74, 6) is -1.60. The highest BCUT2D eigenvalue weighted by atomic mass is 19.1. The number of fused-ring (bicyclic) bond motifs is 1. The van der Waals surface area contributed by atoms with Crippen LogP contribution < -0.4 is 10.2 Å². The van der Waals surface area contributed by atoms with E-state index in [-0.39, 0.29) is 5.56 Å². The first-order valence-electron chi connectivity index (χ1n) is 10.9. The molecule has 4 rings (SSSR count). The first-order valence-corrected chi connectivity index (χ1v) is 10.9. The van der Waals surface area contributed by atoms with Crippen LogP contribution in [0.2, 0.25) is 0 Å². The quantitative estimate of drug-likeness (QED) is 0.400. The molecule has 0 atom stereocenters. The fourth-order valence-electron chi connectivity index (χ4n) is 3.77. The standard InChI is InChI=1S/C23H26FN5O5/c1-23(2,31)5-6-28-14-16-11-19(21(13-18(16)26-28)27-7-9-34-10-8-27)25-22(30)15-3-4-17(24)20(12-15)29(32)33/h3-4,11-14,31H,5-10H2,1-2H3,(H,25,30). The van der Waals surface area contributed by atoms with E-state index in [9.17, 15) is 24.4 Å². The van der Waals surface area contributed by atoms with Crippen LogP contribution >= 0.6 is 0 Å². The predicted molar refractivity (Wildman–Crippen MR) is 125 cm³/mol. The van der Waals surface area contributed by atoms with Crippen molar-refractivity contribution >= 4 is 33.9 Å². The molecule has 1 amide bonds. The Balaban J connectivity index is 1.68. The number of rotatable bonds is 7. The lowest BCUT2D eigenvalue weighted by atomic mass is 10.1. The molecule has 180 valence electrons. The summed E-state index contributed by atoms with van der Waals surface area (Å²) < 4.78 is 20.9. The number of nitrogens with one attached hydrogen (secondary N) is 1. The Morgan fingerprint density at radius 3 is 2.71 bits per heavy atom. The number of aliphatic hydroxyl groups is 1. The zero-order chi connectivity index (χ0) is 24.5. The molecule has 1 aliphatic heterocycles. The van der Waals surface area contributed by atoms with Gasteiger partial charge >= 0.3 is 5.69 Å². The summed E-state index contributed by atoms with van der Waals surface area (Å²) in [5.41, 5.74) is 0.370. The number of morpholine rings is 1. The number of hydrogen-bond acceptors (Lipinski definition) is 7. The van der Waals surface area contributed by atoms with Gasteiger partial charge in [-0.05, 0) is 44.5 Å². The van der Waals surface area contributed by atoms with Crippen molar-refractivity contribution in [1.29, 1.82) is 0 Å². The number of anilines is 2. The molecule has 2 aromatic carbocycles. The number of nitro groups is 1. The minimum Gasteiger partial charge on any atom is -0.390 e. The van der Waals surface area contributed by atoms with Crippen LogP contribution in [-0.2, 0) is 11.3 Å². The Hall–Kier alpha value is -3.57. The third-order valence-corrected chi connectivity index (χ3v) is 5.63. The number of halogens is 1. The molecule has 1 aliphatic rings. The van der Waals surface area contributed by atoms with Crippen LogP contribution in [0, 0.1) is 15.9 Å². The second-order valence-electron chi connectivity index (χ2n) is 8.86. The molecule has 0 bridgehead atoms. The van der Waals surface area contributed by atoms with Gasteiger partial charge < -0.3 is 20.1 Å². The van der Waals surface area contributed by atoms with Crippen LogP contribution in [-0.4, -0.2) is 57.6 Å². The molecule has 0 spiro atoms. The number of nitrogens with zero attached hydrogens (tertiary/aromatic N) is 4. The highest BCUT2D eigenvalue weighted by molar-refractivity contribution is 6.07. The van der Waals surface area contributed by atoms with Crippen molar-refractivity contribution in [3.8, 4) is 0 Å². The lowest BCUT2D eigenvalue weighted by molar-refractivity contribution is -0.387. The van der Waals surface area contributed by atoms with Gasteiger partial charge in [-0.1, -0.05) is 0 Å². The number of amides is 1. The SMILES string of the molecule is CC(C)(O)CCn1cc2cc(NC(=O)c3ccc(F)c([N+](=O)[O-])c3)c(N3CCOCC3)cc2n1. The fraction of sp³-hybridized carbons (Fsp3) is 0.391. The molecule has 2 N–H and O–H groups in total. The number of hydrogen-bond donors (Lipinski definition) is 2. The second kappa shape index (κ2) is 9.35. The van der Waals surface area contributed by atoms with E-state index in [1.165, 1.54) is 6.07 Å². The Labute approximate surface area is 195 Å². The topological polar surface area (TPSA) is 123 Å². The zero-order valence-electron chi connectivity index (χ0n) is 19.0. The van der Waals surface area contributed by atoms with Crippen molar-refractivity contribution in [3.05, 3.63) is 58.0 Å². The van der Waals surface area contributed by atoms with Gasteiger partial charge in [0.1, 0.15) is 0 Å². The maximum absolute atomic E-state index is 13.7. The number of carbonyl (C=O) groups is 1. The molecule has 2 heterocycles. The first kappa shape index (κ1) is 23.6.